The topological polar surface area (TPSA) is 79.3 Å². The number of amides is 1. The molecule has 0 bridgehead atoms. The van der Waals surface area contributed by atoms with Gasteiger partial charge in [0.15, 0.2) is 0 Å². The third kappa shape index (κ3) is 5.94. The summed E-state index contributed by atoms with van der Waals surface area (Å²) in [6.45, 7) is 1.90. The number of nitrogens with zero attached hydrogens (tertiary/aromatic N) is 1. The molecule has 0 fully saturated rings. The number of aromatic nitrogens is 1. The molecule has 4 aromatic rings. The van der Waals surface area contributed by atoms with Gasteiger partial charge in [0.1, 0.15) is 0 Å². The number of nitrogens with one attached hydrogen (secondary N) is 1. The Morgan fingerprint density at radius 1 is 0.914 bits per heavy atom. The lowest BCUT2D eigenvalue weighted by Crippen LogP contribution is -2.23. The highest BCUT2D eigenvalue weighted by atomic mass is 35.5. The highest BCUT2D eigenvalue weighted by Gasteiger charge is 2.23. The molecule has 4 rings (SSSR count). The van der Waals surface area contributed by atoms with Crippen molar-refractivity contribution in [3.63, 3.8) is 0 Å². The molecule has 1 atom stereocenters. The number of benzene rings is 3. The van der Waals surface area contributed by atoms with E-state index in [1.807, 2.05) is 85.8 Å². The summed E-state index contributed by atoms with van der Waals surface area (Å²) in [7, 11) is 0. The molecule has 0 aliphatic heterocycles. The van der Waals surface area contributed by atoms with Gasteiger partial charge in [-0.25, -0.2) is 0 Å². The highest BCUT2D eigenvalue weighted by molar-refractivity contribution is 6.30. The fraction of sp³-hybridized carbons (Fsp3) is 0.138. The minimum Gasteiger partial charge on any atom is -0.481 e. The van der Waals surface area contributed by atoms with E-state index in [9.17, 15) is 9.59 Å². The number of carbonyl (C=O) groups excluding carboxylic acids is 1. The van der Waals surface area contributed by atoms with Gasteiger partial charge < -0.3 is 10.4 Å². The van der Waals surface area contributed by atoms with Crippen molar-refractivity contribution >= 4 is 29.2 Å². The van der Waals surface area contributed by atoms with Crippen LogP contribution in [-0.4, -0.2) is 22.0 Å². The molecule has 35 heavy (non-hydrogen) atoms. The molecular weight excluding hydrogens is 460 g/mol. The van der Waals surface area contributed by atoms with Crippen LogP contribution >= 0.6 is 11.6 Å². The maximum Gasteiger partial charge on any atom is 0.303 e. The van der Waals surface area contributed by atoms with Gasteiger partial charge in [0.05, 0.1) is 10.9 Å². The van der Waals surface area contributed by atoms with Crippen molar-refractivity contribution in [1.82, 2.24) is 4.98 Å². The van der Waals surface area contributed by atoms with Crippen LogP contribution in [0, 0.1) is 6.92 Å². The lowest BCUT2D eigenvalue weighted by molar-refractivity contribution is -0.137. The molecule has 0 aliphatic rings. The predicted molar refractivity (Wildman–Crippen MR) is 139 cm³/mol. The Bertz CT molecular complexity index is 1340. The Hall–Kier alpha value is -3.96. The van der Waals surface area contributed by atoms with Gasteiger partial charge in [0, 0.05) is 30.1 Å². The van der Waals surface area contributed by atoms with E-state index in [0.717, 1.165) is 33.4 Å². The van der Waals surface area contributed by atoms with Gasteiger partial charge in [-0.15, -0.1) is 0 Å². The van der Waals surface area contributed by atoms with E-state index in [0.29, 0.717) is 17.1 Å². The fourth-order valence-electron chi connectivity index (χ4n) is 4.11. The van der Waals surface area contributed by atoms with Gasteiger partial charge in [-0.2, -0.15) is 0 Å². The molecule has 2 N–H and O–H groups in total. The number of anilines is 1. The maximum atomic E-state index is 13.6. The van der Waals surface area contributed by atoms with Gasteiger partial charge in [-0.3, -0.25) is 14.6 Å². The van der Waals surface area contributed by atoms with Crippen LogP contribution in [0.5, 0.6) is 0 Å². The number of aryl methyl sites for hydroxylation is 1. The molecule has 0 spiro atoms. The molecule has 0 aliphatic carbocycles. The van der Waals surface area contributed by atoms with Crippen LogP contribution in [0.4, 0.5) is 5.69 Å². The second kappa shape index (κ2) is 11.0. The molecule has 0 saturated heterocycles. The van der Waals surface area contributed by atoms with Crippen molar-refractivity contribution in [2.45, 2.75) is 25.7 Å². The van der Waals surface area contributed by atoms with E-state index >= 15 is 0 Å². The molecule has 1 heterocycles. The summed E-state index contributed by atoms with van der Waals surface area (Å²) in [5.41, 5.74) is 6.05. The zero-order chi connectivity index (χ0) is 24.8. The van der Waals surface area contributed by atoms with Crippen molar-refractivity contribution in [2.75, 3.05) is 5.32 Å². The first-order chi connectivity index (χ1) is 16.9. The van der Waals surface area contributed by atoms with Crippen LogP contribution in [0.3, 0.4) is 0 Å². The predicted octanol–water partition coefficient (Wildman–Crippen LogP) is 6.50. The summed E-state index contributed by atoms with van der Waals surface area (Å²) in [4.78, 5) is 28.8. The molecule has 176 valence electrons. The zero-order valence-corrected chi connectivity index (χ0v) is 20.0. The van der Waals surface area contributed by atoms with E-state index in [1.54, 1.807) is 12.4 Å². The number of rotatable bonds is 8. The fourth-order valence-corrected chi connectivity index (χ4v) is 4.29. The van der Waals surface area contributed by atoms with Crippen molar-refractivity contribution in [3.05, 3.63) is 119 Å². The normalized spacial score (nSPS) is 11.6. The molecule has 5 nitrogen and oxygen atoms in total. The summed E-state index contributed by atoms with van der Waals surface area (Å²) in [5.74, 6) is -1.53. The average molecular weight is 485 g/mol. The summed E-state index contributed by atoms with van der Waals surface area (Å²) in [6, 6.07) is 24.9. The van der Waals surface area contributed by atoms with Crippen LogP contribution < -0.4 is 5.32 Å². The third-order valence-electron chi connectivity index (χ3n) is 5.99. The van der Waals surface area contributed by atoms with E-state index in [1.165, 1.54) is 0 Å². The molecule has 3 aromatic carbocycles. The molecule has 1 amide bonds. The first-order valence-corrected chi connectivity index (χ1v) is 11.7. The quantitative estimate of drug-likeness (QED) is 0.299. The maximum absolute atomic E-state index is 13.6. The summed E-state index contributed by atoms with van der Waals surface area (Å²) < 4.78 is 0. The number of carboxylic acid groups (broad SMARTS) is 1. The molecular formula is C29H25ClN2O3. The summed E-state index contributed by atoms with van der Waals surface area (Å²) in [5, 5.41) is 12.7. The second-order valence-electron chi connectivity index (χ2n) is 8.33. The SMILES string of the molecule is Cc1c(CCC(=O)O)cccc1NC(=O)C(c1ccccc1)c1ccc(-c2cncc(Cl)c2)cc1. The van der Waals surface area contributed by atoms with Gasteiger partial charge >= 0.3 is 5.97 Å². The first kappa shape index (κ1) is 24.2. The van der Waals surface area contributed by atoms with Crippen molar-refractivity contribution in [2.24, 2.45) is 0 Å². The second-order valence-corrected chi connectivity index (χ2v) is 8.77. The Morgan fingerprint density at radius 3 is 2.31 bits per heavy atom. The van der Waals surface area contributed by atoms with Gasteiger partial charge in [0.2, 0.25) is 5.91 Å². The van der Waals surface area contributed by atoms with Gasteiger partial charge in [-0.05, 0) is 53.3 Å². The standard InChI is InChI=1S/C29H25ClN2O3/c1-19-20(14-15-27(33)34)8-5-9-26(19)32-29(35)28(22-6-3-2-4-7-22)23-12-10-21(11-13-23)24-16-25(30)18-31-17-24/h2-13,16-18,28H,14-15H2,1H3,(H,32,35)(H,33,34). The van der Waals surface area contributed by atoms with Gasteiger partial charge in [-0.1, -0.05) is 78.3 Å². The molecule has 0 saturated carbocycles. The number of pyridine rings is 1. The minimum atomic E-state index is -0.847. The highest BCUT2D eigenvalue weighted by Crippen LogP contribution is 2.30. The van der Waals surface area contributed by atoms with E-state index < -0.39 is 11.9 Å². The molecule has 1 aromatic heterocycles. The van der Waals surface area contributed by atoms with Crippen molar-refractivity contribution in [3.8, 4) is 11.1 Å². The number of carboxylic acids is 1. The number of hydrogen-bond donors (Lipinski definition) is 2. The Labute approximate surface area is 209 Å². The smallest absolute Gasteiger partial charge is 0.303 e. The lowest BCUT2D eigenvalue weighted by atomic mass is 9.89. The Morgan fingerprint density at radius 2 is 1.63 bits per heavy atom. The van der Waals surface area contributed by atoms with Crippen LogP contribution in [-0.2, 0) is 16.0 Å². The minimum absolute atomic E-state index is 0.0410. The number of aliphatic carboxylic acids is 1. The Balaban J connectivity index is 1.64. The largest absolute Gasteiger partial charge is 0.481 e. The van der Waals surface area contributed by atoms with E-state index in [-0.39, 0.29) is 12.3 Å². The van der Waals surface area contributed by atoms with Crippen LogP contribution in [0.25, 0.3) is 11.1 Å². The van der Waals surface area contributed by atoms with Gasteiger partial charge in [0.25, 0.3) is 0 Å². The molecule has 0 radical (unpaired) electrons. The van der Waals surface area contributed by atoms with E-state index in [4.69, 9.17) is 16.7 Å². The zero-order valence-electron chi connectivity index (χ0n) is 19.2. The monoisotopic (exact) mass is 484 g/mol. The summed E-state index contributed by atoms with van der Waals surface area (Å²) >= 11 is 6.09. The third-order valence-corrected chi connectivity index (χ3v) is 6.20. The number of hydrogen-bond acceptors (Lipinski definition) is 3. The van der Waals surface area contributed by atoms with Crippen LogP contribution in [0.1, 0.15) is 34.6 Å². The van der Waals surface area contributed by atoms with Crippen molar-refractivity contribution < 1.29 is 14.7 Å². The number of halogens is 1. The Kier molecular flexibility index (Phi) is 7.58. The molecule has 6 heteroatoms. The first-order valence-electron chi connectivity index (χ1n) is 11.3. The molecule has 1 unspecified atom stereocenters. The van der Waals surface area contributed by atoms with E-state index in [2.05, 4.69) is 10.3 Å². The van der Waals surface area contributed by atoms with Crippen LogP contribution in [0.15, 0.2) is 91.3 Å². The number of carbonyl (C=O) groups is 2. The lowest BCUT2D eigenvalue weighted by Gasteiger charge is -2.20. The average Bonchev–Trinajstić information content (AvgIpc) is 2.86. The van der Waals surface area contributed by atoms with Crippen molar-refractivity contribution in [1.29, 1.82) is 0 Å². The van der Waals surface area contributed by atoms with Crippen LogP contribution in [0.2, 0.25) is 5.02 Å². The summed E-state index contributed by atoms with van der Waals surface area (Å²) in [6.07, 6.45) is 3.79.